The fraction of sp³-hybridized carbons (Fsp3) is 0.235. The summed E-state index contributed by atoms with van der Waals surface area (Å²) in [6.45, 7) is 4.51. The van der Waals surface area contributed by atoms with Crippen molar-refractivity contribution >= 4 is 15.7 Å². The Hall–Kier alpha value is -3.14. The molecule has 0 unspecified atom stereocenters. The number of rotatable bonds is 8. The number of aromatic nitrogens is 4. The summed E-state index contributed by atoms with van der Waals surface area (Å²) in [5.41, 5.74) is 1.01. The third-order valence-corrected chi connectivity index (χ3v) is 4.92. The number of benzene rings is 2. The van der Waals surface area contributed by atoms with Crippen LogP contribution in [0, 0.1) is 0 Å². The molecule has 0 aliphatic heterocycles. The average molecular weight is 389 g/mol. The number of nitrogens with zero attached hydrogens (tertiary/aromatic N) is 4. The molecule has 0 aliphatic carbocycles. The van der Waals surface area contributed by atoms with E-state index in [1.165, 1.54) is 23.1 Å². The van der Waals surface area contributed by atoms with Gasteiger partial charge in [0.1, 0.15) is 6.33 Å². The van der Waals surface area contributed by atoms with E-state index >= 15 is 0 Å². The van der Waals surface area contributed by atoms with Gasteiger partial charge in [-0.05, 0) is 54.6 Å². The molecule has 0 amide bonds. The summed E-state index contributed by atoms with van der Waals surface area (Å²) in [5.74, 6) is 0.878. The van der Waals surface area contributed by atoms with Gasteiger partial charge in [0.05, 0.1) is 29.5 Å². The van der Waals surface area contributed by atoms with Crippen LogP contribution in [0.1, 0.15) is 13.8 Å². The number of hydrogen-bond acceptors (Lipinski definition) is 7. The van der Waals surface area contributed by atoms with Crippen LogP contribution in [0.4, 0.5) is 5.69 Å². The Morgan fingerprint density at radius 2 is 1.81 bits per heavy atom. The maximum absolute atomic E-state index is 12.8. The summed E-state index contributed by atoms with van der Waals surface area (Å²) in [4.78, 5) is 0.0715. The highest BCUT2D eigenvalue weighted by Crippen LogP contribution is 2.31. The third kappa shape index (κ3) is 4.34. The summed E-state index contributed by atoms with van der Waals surface area (Å²) in [6, 6.07) is 11.2. The minimum absolute atomic E-state index is 0.0715. The van der Waals surface area contributed by atoms with Gasteiger partial charge in [-0.2, -0.15) is 0 Å². The van der Waals surface area contributed by atoms with E-state index in [4.69, 9.17) is 9.47 Å². The van der Waals surface area contributed by atoms with Crippen LogP contribution in [-0.4, -0.2) is 41.8 Å². The maximum atomic E-state index is 12.8. The Balaban J connectivity index is 1.89. The molecule has 1 aromatic heterocycles. The first kappa shape index (κ1) is 18.6. The molecule has 1 heterocycles. The lowest BCUT2D eigenvalue weighted by molar-refractivity contribution is 0.287. The predicted molar refractivity (Wildman–Crippen MR) is 98.7 cm³/mol. The zero-order valence-corrected chi connectivity index (χ0v) is 15.7. The molecular weight excluding hydrogens is 370 g/mol. The number of sulfonamides is 1. The summed E-state index contributed by atoms with van der Waals surface area (Å²) >= 11 is 0. The van der Waals surface area contributed by atoms with Crippen LogP contribution < -0.4 is 14.2 Å². The largest absolute Gasteiger partial charge is 0.490 e. The number of ether oxygens (including phenoxy) is 2. The number of tetrazole rings is 1. The fourth-order valence-corrected chi connectivity index (χ4v) is 3.47. The van der Waals surface area contributed by atoms with E-state index < -0.39 is 10.0 Å². The van der Waals surface area contributed by atoms with Crippen molar-refractivity contribution in [2.75, 3.05) is 17.9 Å². The summed E-state index contributed by atoms with van der Waals surface area (Å²) in [7, 11) is -3.82. The van der Waals surface area contributed by atoms with Crippen molar-refractivity contribution in [2.24, 2.45) is 0 Å². The quantitative estimate of drug-likeness (QED) is 0.629. The SMILES string of the molecule is CCOc1ccc(S(=O)(=O)Nc2cccc(-n3cnnn3)c2)cc1OCC. The molecule has 3 rings (SSSR count). The number of hydrogen-bond donors (Lipinski definition) is 1. The molecule has 142 valence electrons. The van der Waals surface area contributed by atoms with Crippen molar-refractivity contribution in [1.29, 1.82) is 0 Å². The minimum Gasteiger partial charge on any atom is -0.490 e. The fourth-order valence-electron chi connectivity index (χ4n) is 2.40. The average Bonchev–Trinajstić information content (AvgIpc) is 3.18. The maximum Gasteiger partial charge on any atom is 0.262 e. The summed E-state index contributed by atoms with van der Waals surface area (Å²) in [6.07, 6.45) is 1.43. The van der Waals surface area contributed by atoms with Gasteiger partial charge in [0.25, 0.3) is 10.0 Å². The molecule has 0 aliphatic rings. The van der Waals surface area contributed by atoms with E-state index in [9.17, 15) is 8.42 Å². The van der Waals surface area contributed by atoms with Gasteiger partial charge < -0.3 is 9.47 Å². The lowest BCUT2D eigenvalue weighted by Crippen LogP contribution is -2.13. The first-order valence-electron chi connectivity index (χ1n) is 8.29. The number of anilines is 1. The van der Waals surface area contributed by atoms with E-state index in [-0.39, 0.29) is 4.90 Å². The molecule has 3 aromatic rings. The highest BCUT2D eigenvalue weighted by molar-refractivity contribution is 7.92. The lowest BCUT2D eigenvalue weighted by Gasteiger charge is -2.14. The zero-order valence-electron chi connectivity index (χ0n) is 14.9. The molecular formula is C17H19N5O4S. The van der Waals surface area contributed by atoms with Gasteiger partial charge >= 0.3 is 0 Å². The van der Waals surface area contributed by atoms with Crippen LogP contribution in [-0.2, 0) is 10.0 Å². The molecule has 0 fully saturated rings. The Morgan fingerprint density at radius 3 is 2.52 bits per heavy atom. The van der Waals surface area contributed by atoms with E-state index in [0.717, 1.165) is 0 Å². The zero-order chi connectivity index (χ0) is 19.3. The standard InChI is InChI=1S/C17H19N5O4S/c1-3-25-16-9-8-15(11-17(16)26-4-2)27(23,24)19-13-6-5-7-14(10-13)22-12-18-20-21-22/h5-12,19H,3-4H2,1-2H3. The van der Waals surface area contributed by atoms with Gasteiger partial charge in [-0.3, -0.25) is 4.72 Å². The second kappa shape index (κ2) is 8.04. The Bertz CT molecular complexity index is 1010. The van der Waals surface area contributed by atoms with Crippen LogP contribution in [0.2, 0.25) is 0 Å². The highest BCUT2D eigenvalue weighted by atomic mass is 32.2. The van der Waals surface area contributed by atoms with Gasteiger partial charge in [-0.25, -0.2) is 13.1 Å². The van der Waals surface area contributed by atoms with Crippen LogP contribution in [0.5, 0.6) is 11.5 Å². The van der Waals surface area contributed by atoms with Crippen molar-refractivity contribution in [3.05, 3.63) is 48.8 Å². The molecule has 0 saturated carbocycles. The predicted octanol–water partition coefficient (Wildman–Crippen LogP) is 2.26. The number of nitrogens with one attached hydrogen (secondary N) is 1. The van der Waals surface area contributed by atoms with Crippen LogP contribution in [0.3, 0.4) is 0 Å². The highest BCUT2D eigenvalue weighted by Gasteiger charge is 2.18. The van der Waals surface area contributed by atoms with Crippen LogP contribution >= 0.6 is 0 Å². The molecule has 10 heteroatoms. The molecule has 2 aromatic carbocycles. The van der Waals surface area contributed by atoms with E-state index in [0.29, 0.717) is 36.1 Å². The normalized spacial score (nSPS) is 11.2. The first-order chi connectivity index (χ1) is 13.0. The van der Waals surface area contributed by atoms with E-state index in [2.05, 4.69) is 20.2 Å². The molecule has 0 bridgehead atoms. The second-order valence-electron chi connectivity index (χ2n) is 5.38. The topological polar surface area (TPSA) is 108 Å². The van der Waals surface area contributed by atoms with Crippen molar-refractivity contribution in [3.8, 4) is 17.2 Å². The van der Waals surface area contributed by atoms with Gasteiger partial charge in [0.15, 0.2) is 11.5 Å². The monoisotopic (exact) mass is 389 g/mol. The summed E-state index contributed by atoms with van der Waals surface area (Å²) < 4.78 is 40.5. The van der Waals surface area contributed by atoms with Crippen molar-refractivity contribution in [2.45, 2.75) is 18.7 Å². The van der Waals surface area contributed by atoms with Gasteiger partial charge in [-0.1, -0.05) is 6.07 Å². The molecule has 27 heavy (non-hydrogen) atoms. The van der Waals surface area contributed by atoms with Gasteiger partial charge in [-0.15, -0.1) is 5.10 Å². The van der Waals surface area contributed by atoms with Crippen molar-refractivity contribution in [3.63, 3.8) is 0 Å². The Morgan fingerprint density at radius 1 is 1.04 bits per heavy atom. The minimum atomic E-state index is -3.82. The molecule has 0 atom stereocenters. The lowest BCUT2D eigenvalue weighted by atomic mass is 10.3. The third-order valence-electron chi connectivity index (χ3n) is 3.54. The van der Waals surface area contributed by atoms with E-state index in [1.807, 2.05) is 13.8 Å². The van der Waals surface area contributed by atoms with E-state index in [1.54, 1.807) is 30.3 Å². The smallest absolute Gasteiger partial charge is 0.262 e. The molecule has 0 saturated heterocycles. The van der Waals surface area contributed by atoms with Crippen LogP contribution in [0.25, 0.3) is 5.69 Å². The van der Waals surface area contributed by atoms with Crippen LogP contribution in [0.15, 0.2) is 53.7 Å². The molecule has 0 radical (unpaired) electrons. The Labute approximate surface area is 157 Å². The molecule has 9 nitrogen and oxygen atoms in total. The molecule has 0 spiro atoms. The second-order valence-corrected chi connectivity index (χ2v) is 7.07. The summed E-state index contributed by atoms with van der Waals surface area (Å²) in [5, 5.41) is 10.9. The van der Waals surface area contributed by atoms with Crippen molar-refractivity contribution in [1.82, 2.24) is 20.2 Å². The molecule has 1 N–H and O–H groups in total. The van der Waals surface area contributed by atoms with Gasteiger partial charge in [0.2, 0.25) is 0 Å². The first-order valence-corrected chi connectivity index (χ1v) is 9.77. The van der Waals surface area contributed by atoms with Gasteiger partial charge in [0, 0.05) is 6.07 Å². The van der Waals surface area contributed by atoms with Crippen molar-refractivity contribution < 1.29 is 17.9 Å². The Kier molecular flexibility index (Phi) is 5.55.